The first-order valence-corrected chi connectivity index (χ1v) is 5.57. The number of hydrogen-bond acceptors (Lipinski definition) is 4. The van der Waals surface area contributed by atoms with Crippen molar-refractivity contribution in [2.45, 2.75) is 18.9 Å². The van der Waals surface area contributed by atoms with Gasteiger partial charge in [-0.3, -0.25) is 9.59 Å². The SMILES string of the molecule is COc1ccc(Cl)cc1C(=O)C1CCC(=O)O1. The molecule has 0 N–H and O–H groups in total. The Morgan fingerprint density at radius 3 is 2.88 bits per heavy atom. The van der Waals surface area contributed by atoms with E-state index in [0.29, 0.717) is 22.8 Å². The number of esters is 1. The maximum atomic E-state index is 12.1. The zero-order chi connectivity index (χ0) is 12.4. The fourth-order valence-electron chi connectivity index (χ4n) is 1.76. The van der Waals surface area contributed by atoms with E-state index < -0.39 is 6.10 Å². The lowest BCUT2D eigenvalue weighted by molar-refractivity contribution is -0.140. The van der Waals surface area contributed by atoms with E-state index in [-0.39, 0.29) is 18.2 Å². The second-order valence-corrected chi connectivity index (χ2v) is 4.16. The van der Waals surface area contributed by atoms with Crippen molar-refractivity contribution in [1.82, 2.24) is 0 Å². The molecule has 1 aromatic rings. The number of cyclic esters (lactones) is 1. The van der Waals surface area contributed by atoms with Gasteiger partial charge in [-0.1, -0.05) is 11.6 Å². The lowest BCUT2D eigenvalue weighted by Crippen LogP contribution is -2.20. The minimum atomic E-state index is -0.713. The van der Waals surface area contributed by atoms with Crippen molar-refractivity contribution in [3.63, 3.8) is 0 Å². The van der Waals surface area contributed by atoms with E-state index in [4.69, 9.17) is 21.1 Å². The Bertz CT molecular complexity index is 470. The summed E-state index contributed by atoms with van der Waals surface area (Å²) >= 11 is 5.84. The number of halogens is 1. The summed E-state index contributed by atoms with van der Waals surface area (Å²) < 4.78 is 10.0. The zero-order valence-electron chi connectivity index (χ0n) is 9.23. The van der Waals surface area contributed by atoms with Crippen LogP contribution in [0, 0.1) is 0 Å². The van der Waals surface area contributed by atoms with E-state index in [2.05, 4.69) is 0 Å². The van der Waals surface area contributed by atoms with Gasteiger partial charge in [-0.15, -0.1) is 0 Å². The highest BCUT2D eigenvalue weighted by molar-refractivity contribution is 6.31. The first kappa shape index (κ1) is 11.9. The number of ether oxygens (including phenoxy) is 2. The van der Waals surface area contributed by atoms with Gasteiger partial charge in [-0.05, 0) is 18.2 Å². The number of ketones is 1. The Kier molecular flexibility index (Phi) is 3.33. The summed E-state index contributed by atoms with van der Waals surface area (Å²) in [5.41, 5.74) is 0.347. The molecule has 1 heterocycles. The molecular weight excluding hydrogens is 244 g/mol. The predicted molar refractivity (Wildman–Crippen MR) is 61.4 cm³/mol. The summed E-state index contributed by atoms with van der Waals surface area (Å²) in [6, 6.07) is 4.78. The van der Waals surface area contributed by atoms with Crippen LogP contribution in [-0.2, 0) is 9.53 Å². The van der Waals surface area contributed by atoms with Crippen LogP contribution in [0.5, 0.6) is 5.75 Å². The topological polar surface area (TPSA) is 52.6 Å². The number of Topliss-reactive ketones (excluding diaryl/α,β-unsaturated/α-hetero) is 1. The molecular formula is C12H11ClO4. The fourth-order valence-corrected chi connectivity index (χ4v) is 1.93. The summed E-state index contributed by atoms with van der Waals surface area (Å²) in [6.07, 6.45) is -0.0260. The third kappa shape index (κ3) is 2.42. The van der Waals surface area contributed by atoms with Gasteiger partial charge in [0.2, 0.25) is 5.78 Å². The summed E-state index contributed by atoms with van der Waals surface area (Å²) in [4.78, 5) is 23.1. The lowest BCUT2D eigenvalue weighted by atomic mass is 10.0. The average Bonchev–Trinajstić information content (AvgIpc) is 2.75. The monoisotopic (exact) mass is 254 g/mol. The molecule has 0 bridgehead atoms. The molecule has 1 aliphatic rings. The van der Waals surface area contributed by atoms with Crippen LogP contribution >= 0.6 is 11.6 Å². The maximum absolute atomic E-state index is 12.1. The molecule has 0 saturated carbocycles. The minimum Gasteiger partial charge on any atom is -0.496 e. The fraction of sp³-hybridized carbons (Fsp3) is 0.333. The molecule has 17 heavy (non-hydrogen) atoms. The highest BCUT2D eigenvalue weighted by atomic mass is 35.5. The van der Waals surface area contributed by atoms with Crippen LogP contribution in [-0.4, -0.2) is 25.0 Å². The van der Waals surface area contributed by atoms with Gasteiger partial charge in [-0.25, -0.2) is 0 Å². The molecule has 2 rings (SSSR count). The van der Waals surface area contributed by atoms with Gasteiger partial charge in [-0.2, -0.15) is 0 Å². The van der Waals surface area contributed by atoms with Crippen LogP contribution in [0.1, 0.15) is 23.2 Å². The molecule has 5 heteroatoms. The van der Waals surface area contributed by atoms with Crippen LogP contribution in [0.25, 0.3) is 0 Å². The largest absolute Gasteiger partial charge is 0.496 e. The number of benzene rings is 1. The molecule has 1 unspecified atom stereocenters. The number of hydrogen-bond donors (Lipinski definition) is 0. The summed E-state index contributed by atoms with van der Waals surface area (Å²) in [5.74, 6) is -0.179. The van der Waals surface area contributed by atoms with E-state index in [0.717, 1.165) is 0 Å². The molecule has 1 aromatic carbocycles. The maximum Gasteiger partial charge on any atom is 0.306 e. The van der Waals surface area contributed by atoms with Crippen LogP contribution in [0.4, 0.5) is 0 Å². The van der Waals surface area contributed by atoms with Gasteiger partial charge < -0.3 is 9.47 Å². The quantitative estimate of drug-likeness (QED) is 0.613. The molecule has 0 radical (unpaired) electrons. The third-order valence-corrected chi connectivity index (χ3v) is 2.84. The number of rotatable bonds is 3. The molecule has 1 fully saturated rings. The standard InChI is InChI=1S/C12H11ClO4/c1-16-9-3-2-7(13)6-8(9)12(15)10-4-5-11(14)17-10/h2-3,6,10H,4-5H2,1H3. The normalized spacial score (nSPS) is 18.9. The molecule has 0 amide bonds. The Hall–Kier alpha value is -1.55. The molecule has 0 spiro atoms. The Morgan fingerprint density at radius 1 is 1.53 bits per heavy atom. The first-order valence-electron chi connectivity index (χ1n) is 5.19. The smallest absolute Gasteiger partial charge is 0.306 e. The Morgan fingerprint density at radius 2 is 2.29 bits per heavy atom. The van der Waals surface area contributed by atoms with Crippen molar-refractivity contribution in [3.8, 4) is 5.75 Å². The van der Waals surface area contributed by atoms with Crippen LogP contribution < -0.4 is 4.74 Å². The van der Waals surface area contributed by atoms with Gasteiger partial charge in [0, 0.05) is 17.9 Å². The van der Waals surface area contributed by atoms with Crippen LogP contribution in [0.15, 0.2) is 18.2 Å². The Labute approximate surface area is 103 Å². The number of carbonyl (C=O) groups is 2. The molecule has 4 nitrogen and oxygen atoms in total. The van der Waals surface area contributed by atoms with Gasteiger partial charge in [0.1, 0.15) is 5.75 Å². The molecule has 0 aromatic heterocycles. The summed E-state index contributed by atoms with van der Waals surface area (Å²) in [5, 5.41) is 0.443. The molecule has 1 aliphatic heterocycles. The van der Waals surface area contributed by atoms with Crippen molar-refractivity contribution < 1.29 is 19.1 Å². The zero-order valence-corrected chi connectivity index (χ0v) is 9.99. The van der Waals surface area contributed by atoms with Crippen molar-refractivity contribution in [2.24, 2.45) is 0 Å². The number of carbonyl (C=O) groups excluding carboxylic acids is 2. The van der Waals surface area contributed by atoms with E-state index in [9.17, 15) is 9.59 Å². The highest BCUT2D eigenvalue weighted by Gasteiger charge is 2.32. The van der Waals surface area contributed by atoms with Crippen molar-refractivity contribution >= 4 is 23.4 Å². The summed E-state index contributed by atoms with van der Waals surface area (Å²) in [6.45, 7) is 0. The summed E-state index contributed by atoms with van der Waals surface area (Å²) in [7, 11) is 1.47. The van der Waals surface area contributed by atoms with Crippen molar-refractivity contribution in [1.29, 1.82) is 0 Å². The van der Waals surface area contributed by atoms with Gasteiger partial charge in [0.05, 0.1) is 12.7 Å². The molecule has 0 aliphatic carbocycles. The van der Waals surface area contributed by atoms with E-state index in [1.54, 1.807) is 12.1 Å². The molecule has 90 valence electrons. The Balaban J connectivity index is 2.29. The second-order valence-electron chi connectivity index (χ2n) is 3.73. The van der Waals surface area contributed by atoms with E-state index in [1.807, 2.05) is 0 Å². The average molecular weight is 255 g/mol. The second kappa shape index (κ2) is 4.75. The first-order chi connectivity index (χ1) is 8.11. The predicted octanol–water partition coefficient (Wildman–Crippen LogP) is 2.24. The third-order valence-electron chi connectivity index (χ3n) is 2.60. The number of methoxy groups -OCH3 is 1. The van der Waals surface area contributed by atoms with E-state index in [1.165, 1.54) is 13.2 Å². The van der Waals surface area contributed by atoms with Crippen LogP contribution in [0.3, 0.4) is 0 Å². The van der Waals surface area contributed by atoms with Gasteiger partial charge in [0.15, 0.2) is 6.10 Å². The van der Waals surface area contributed by atoms with Crippen molar-refractivity contribution in [3.05, 3.63) is 28.8 Å². The highest BCUT2D eigenvalue weighted by Crippen LogP contribution is 2.27. The van der Waals surface area contributed by atoms with Gasteiger partial charge >= 0.3 is 5.97 Å². The van der Waals surface area contributed by atoms with Crippen molar-refractivity contribution in [2.75, 3.05) is 7.11 Å². The lowest BCUT2D eigenvalue weighted by Gasteiger charge is -2.11. The van der Waals surface area contributed by atoms with Gasteiger partial charge in [0.25, 0.3) is 0 Å². The van der Waals surface area contributed by atoms with Crippen LogP contribution in [0.2, 0.25) is 5.02 Å². The molecule has 1 saturated heterocycles. The van der Waals surface area contributed by atoms with E-state index >= 15 is 0 Å². The minimum absolute atomic E-state index is 0.268. The molecule has 1 atom stereocenters.